The van der Waals surface area contributed by atoms with Crippen LogP contribution in [0.1, 0.15) is 10.5 Å². The highest BCUT2D eigenvalue weighted by molar-refractivity contribution is 6.10. The average Bonchev–Trinajstić information content (AvgIpc) is 2.61. The van der Waals surface area contributed by atoms with Crippen LogP contribution in [0.4, 0.5) is 0 Å². The first-order valence-electron chi connectivity index (χ1n) is 7.20. The van der Waals surface area contributed by atoms with E-state index in [1.54, 1.807) is 0 Å². The van der Waals surface area contributed by atoms with Gasteiger partial charge in [0.05, 0.1) is 5.52 Å². The molecule has 0 atom stereocenters. The van der Waals surface area contributed by atoms with Crippen LogP contribution in [0.5, 0.6) is 0 Å². The van der Waals surface area contributed by atoms with Crippen molar-refractivity contribution in [2.24, 2.45) is 0 Å². The predicted octanol–water partition coefficient (Wildman–Crippen LogP) is 4.87. The molecule has 4 rings (SSSR count). The molecule has 0 saturated heterocycles. The van der Waals surface area contributed by atoms with Gasteiger partial charge in [0.2, 0.25) is 0 Å². The highest BCUT2D eigenvalue weighted by Crippen LogP contribution is 2.32. The van der Waals surface area contributed by atoms with Gasteiger partial charge in [-0.1, -0.05) is 66.7 Å². The normalized spacial score (nSPS) is 10.9. The van der Waals surface area contributed by atoms with Gasteiger partial charge in [-0.2, -0.15) is 0 Å². The summed E-state index contributed by atoms with van der Waals surface area (Å²) in [6, 6.07) is 24.3. The van der Waals surface area contributed by atoms with Crippen molar-refractivity contribution in [1.82, 2.24) is 4.98 Å². The highest BCUT2D eigenvalue weighted by atomic mass is 16.1. The average molecular weight is 283 g/mol. The molecule has 0 radical (unpaired) electrons. The second-order valence-corrected chi connectivity index (χ2v) is 5.26. The quantitative estimate of drug-likeness (QED) is 0.388. The Morgan fingerprint density at radius 3 is 2.36 bits per heavy atom. The number of nitrogens with zero attached hydrogens (tertiary/aromatic N) is 1. The minimum absolute atomic E-state index is 0.461. The van der Waals surface area contributed by atoms with Crippen LogP contribution in [0.15, 0.2) is 72.8 Å². The van der Waals surface area contributed by atoms with Crippen LogP contribution in [0, 0.1) is 0 Å². The third-order valence-corrected chi connectivity index (χ3v) is 3.93. The lowest BCUT2D eigenvalue weighted by Gasteiger charge is -2.10. The van der Waals surface area contributed by atoms with Gasteiger partial charge in [0.1, 0.15) is 5.69 Å². The van der Waals surface area contributed by atoms with Gasteiger partial charge in [0.25, 0.3) is 0 Å². The van der Waals surface area contributed by atoms with Crippen molar-refractivity contribution in [2.45, 2.75) is 0 Å². The maximum absolute atomic E-state index is 11.3. The van der Waals surface area contributed by atoms with E-state index in [1.807, 2.05) is 42.5 Å². The summed E-state index contributed by atoms with van der Waals surface area (Å²) in [5.41, 5.74) is 3.47. The molecule has 1 heterocycles. The van der Waals surface area contributed by atoms with Crippen molar-refractivity contribution in [3.8, 4) is 11.1 Å². The van der Waals surface area contributed by atoms with Gasteiger partial charge in [-0.3, -0.25) is 4.79 Å². The summed E-state index contributed by atoms with van der Waals surface area (Å²) in [5.74, 6) is 0. The molecule has 0 aliphatic heterocycles. The van der Waals surface area contributed by atoms with Crippen LogP contribution in [-0.4, -0.2) is 11.3 Å². The van der Waals surface area contributed by atoms with Crippen LogP contribution in [0.25, 0.3) is 32.8 Å². The minimum Gasteiger partial charge on any atom is -0.296 e. The Kier molecular flexibility index (Phi) is 2.94. The minimum atomic E-state index is 0.461. The predicted molar refractivity (Wildman–Crippen MR) is 90.1 cm³/mol. The zero-order valence-electron chi connectivity index (χ0n) is 11.9. The van der Waals surface area contributed by atoms with Crippen LogP contribution < -0.4 is 0 Å². The van der Waals surface area contributed by atoms with Gasteiger partial charge in [-0.25, -0.2) is 4.98 Å². The summed E-state index contributed by atoms with van der Waals surface area (Å²) in [5, 5.41) is 3.26. The molecule has 0 aliphatic rings. The fourth-order valence-corrected chi connectivity index (χ4v) is 2.90. The van der Waals surface area contributed by atoms with Gasteiger partial charge < -0.3 is 0 Å². The third-order valence-electron chi connectivity index (χ3n) is 3.93. The number of carbonyl (C=O) groups is 1. The summed E-state index contributed by atoms with van der Waals surface area (Å²) >= 11 is 0. The van der Waals surface area contributed by atoms with Crippen molar-refractivity contribution in [2.75, 3.05) is 0 Å². The first-order valence-corrected chi connectivity index (χ1v) is 7.20. The molecule has 0 fully saturated rings. The van der Waals surface area contributed by atoms with E-state index in [4.69, 9.17) is 0 Å². The van der Waals surface area contributed by atoms with E-state index in [1.165, 1.54) is 0 Å². The van der Waals surface area contributed by atoms with Crippen molar-refractivity contribution in [3.63, 3.8) is 0 Å². The Bertz CT molecular complexity index is 990. The lowest BCUT2D eigenvalue weighted by atomic mass is 9.97. The molecule has 104 valence electrons. The molecule has 1 aromatic heterocycles. The SMILES string of the molecule is O=Cc1cc(-c2ccccc2)c2ccc3ccccc3c2n1. The Morgan fingerprint density at radius 1 is 0.773 bits per heavy atom. The third kappa shape index (κ3) is 1.97. The summed E-state index contributed by atoms with van der Waals surface area (Å²) in [6.07, 6.45) is 0.813. The van der Waals surface area contributed by atoms with Gasteiger partial charge in [0, 0.05) is 10.8 Å². The zero-order chi connectivity index (χ0) is 14.9. The van der Waals surface area contributed by atoms with Crippen LogP contribution >= 0.6 is 0 Å². The Morgan fingerprint density at radius 2 is 1.55 bits per heavy atom. The first kappa shape index (κ1) is 12.7. The van der Waals surface area contributed by atoms with E-state index >= 15 is 0 Å². The second-order valence-electron chi connectivity index (χ2n) is 5.26. The molecule has 0 amide bonds. The van der Waals surface area contributed by atoms with Crippen LogP contribution in [0.2, 0.25) is 0 Å². The molecular weight excluding hydrogens is 270 g/mol. The standard InChI is InChI=1S/C20H13NO/c22-13-16-12-19(14-6-2-1-3-7-14)18-11-10-15-8-4-5-9-17(15)20(18)21-16/h1-13H. The Hall–Kier alpha value is -3.00. The fourth-order valence-electron chi connectivity index (χ4n) is 2.90. The van der Waals surface area contributed by atoms with Gasteiger partial charge in [-0.05, 0) is 22.6 Å². The molecule has 4 aromatic rings. The van der Waals surface area contributed by atoms with Gasteiger partial charge in [0.15, 0.2) is 6.29 Å². The van der Waals surface area contributed by atoms with Crippen molar-refractivity contribution in [3.05, 3.63) is 78.5 Å². The smallest absolute Gasteiger partial charge is 0.168 e. The number of fused-ring (bicyclic) bond motifs is 3. The largest absolute Gasteiger partial charge is 0.296 e. The Balaban J connectivity index is 2.17. The maximum Gasteiger partial charge on any atom is 0.168 e. The second kappa shape index (κ2) is 5.08. The summed E-state index contributed by atoms with van der Waals surface area (Å²) in [4.78, 5) is 15.8. The molecule has 0 saturated carbocycles. The zero-order valence-corrected chi connectivity index (χ0v) is 11.9. The lowest BCUT2D eigenvalue weighted by Crippen LogP contribution is -1.92. The van der Waals surface area contributed by atoms with E-state index in [2.05, 4.69) is 35.3 Å². The topological polar surface area (TPSA) is 30.0 Å². The van der Waals surface area contributed by atoms with E-state index in [0.717, 1.165) is 39.1 Å². The number of rotatable bonds is 2. The number of hydrogen-bond acceptors (Lipinski definition) is 2. The first-order chi connectivity index (χ1) is 10.9. The van der Waals surface area contributed by atoms with E-state index in [-0.39, 0.29) is 0 Å². The Labute approximate surface area is 128 Å². The molecule has 0 aliphatic carbocycles. The summed E-state index contributed by atoms with van der Waals surface area (Å²) < 4.78 is 0. The van der Waals surface area contributed by atoms with Gasteiger partial charge in [-0.15, -0.1) is 0 Å². The molecule has 0 spiro atoms. The van der Waals surface area contributed by atoms with E-state index in [0.29, 0.717) is 5.69 Å². The van der Waals surface area contributed by atoms with Gasteiger partial charge >= 0.3 is 0 Å². The van der Waals surface area contributed by atoms with Crippen LogP contribution in [0.3, 0.4) is 0 Å². The van der Waals surface area contributed by atoms with Crippen molar-refractivity contribution in [1.29, 1.82) is 0 Å². The molecule has 3 aromatic carbocycles. The summed E-state index contributed by atoms with van der Waals surface area (Å²) in [7, 11) is 0. The number of aromatic nitrogens is 1. The summed E-state index contributed by atoms with van der Waals surface area (Å²) in [6.45, 7) is 0. The van der Waals surface area contributed by atoms with Crippen molar-refractivity contribution < 1.29 is 4.79 Å². The molecule has 22 heavy (non-hydrogen) atoms. The molecule has 0 N–H and O–H groups in total. The molecular formula is C20H13NO. The maximum atomic E-state index is 11.3. The van der Waals surface area contributed by atoms with Crippen LogP contribution in [-0.2, 0) is 0 Å². The van der Waals surface area contributed by atoms with E-state index < -0.39 is 0 Å². The number of aldehydes is 1. The number of hydrogen-bond donors (Lipinski definition) is 0. The highest BCUT2D eigenvalue weighted by Gasteiger charge is 2.10. The number of carbonyl (C=O) groups excluding carboxylic acids is 1. The number of benzene rings is 3. The lowest BCUT2D eigenvalue weighted by molar-refractivity contribution is 0.111. The molecule has 2 heteroatoms. The number of pyridine rings is 1. The van der Waals surface area contributed by atoms with Crippen molar-refractivity contribution >= 4 is 28.0 Å². The van der Waals surface area contributed by atoms with E-state index in [9.17, 15) is 4.79 Å². The monoisotopic (exact) mass is 283 g/mol. The molecule has 2 nitrogen and oxygen atoms in total. The molecule has 0 bridgehead atoms. The molecule has 0 unspecified atom stereocenters. The fraction of sp³-hybridized carbons (Fsp3) is 0.